The molecule has 0 spiro atoms. The third-order valence-electron chi connectivity index (χ3n) is 6.58. The monoisotopic (exact) mass is 534 g/mol. The fraction of sp³-hybridized carbons (Fsp3) is 0.462. The number of hydrogen-bond acceptors (Lipinski definition) is 8. The van der Waals surface area contributed by atoms with Crippen LogP contribution in [0.2, 0.25) is 0 Å². The highest BCUT2D eigenvalue weighted by Crippen LogP contribution is 2.34. The normalized spacial score (nSPS) is 20.1. The number of aromatic nitrogens is 1. The fourth-order valence-corrected chi connectivity index (χ4v) is 5.57. The van der Waals surface area contributed by atoms with Gasteiger partial charge in [0.25, 0.3) is 0 Å². The summed E-state index contributed by atoms with van der Waals surface area (Å²) in [5.74, 6) is 0.692. The minimum atomic E-state index is -4.43. The van der Waals surface area contributed by atoms with Crippen molar-refractivity contribution in [3.63, 3.8) is 0 Å². The van der Waals surface area contributed by atoms with Gasteiger partial charge in [-0.1, -0.05) is 23.4 Å². The Hall–Kier alpha value is -2.73. The van der Waals surface area contributed by atoms with E-state index in [0.29, 0.717) is 31.0 Å². The molecular formula is C26H29F3N4O3S. The number of rotatable bonds is 8. The molecule has 2 aliphatic rings. The van der Waals surface area contributed by atoms with E-state index in [2.05, 4.69) is 19.9 Å². The highest BCUT2D eigenvalue weighted by molar-refractivity contribution is 7.18. The number of nitrogens with zero attached hydrogens (tertiary/aromatic N) is 4. The Morgan fingerprint density at radius 2 is 1.89 bits per heavy atom. The first-order valence-corrected chi connectivity index (χ1v) is 13.1. The number of β-amino-alcohol motifs (C(OH)–C–C–N with tert-alkyl or cyclic N) is 1. The topological polar surface area (TPSA) is 70.4 Å². The molecule has 1 fully saturated rings. The van der Waals surface area contributed by atoms with E-state index in [1.807, 2.05) is 25.1 Å². The number of alkyl halides is 3. The van der Waals surface area contributed by atoms with Crippen LogP contribution in [0.5, 0.6) is 5.75 Å². The second-order valence-corrected chi connectivity index (χ2v) is 10.7. The van der Waals surface area contributed by atoms with Gasteiger partial charge in [0.15, 0.2) is 0 Å². The molecule has 2 aromatic carbocycles. The Bertz CT molecular complexity index is 1260. The maximum absolute atomic E-state index is 13.4. The van der Waals surface area contributed by atoms with Crippen LogP contribution in [0.3, 0.4) is 0 Å². The van der Waals surface area contributed by atoms with Gasteiger partial charge in [0.05, 0.1) is 26.5 Å². The molecule has 37 heavy (non-hydrogen) atoms. The fourth-order valence-electron chi connectivity index (χ4n) is 4.77. The molecule has 1 N–H and O–H groups in total. The Morgan fingerprint density at radius 3 is 2.68 bits per heavy atom. The van der Waals surface area contributed by atoms with Crippen molar-refractivity contribution in [2.75, 3.05) is 45.9 Å². The number of hydrogen-bond donors (Lipinski definition) is 1. The number of aliphatic hydroxyl groups is 1. The molecule has 0 saturated carbocycles. The highest BCUT2D eigenvalue weighted by atomic mass is 32.1. The van der Waals surface area contributed by atoms with Crippen LogP contribution in [0.15, 0.2) is 47.6 Å². The van der Waals surface area contributed by atoms with Gasteiger partial charge in [-0.2, -0.15) is 13.2 Å². The van der Waals surface area contributed by atoms with Crippen molar-refractivity contribution in [3.05, 3.63) is 58.6 Å². The van der Waals surface area contributed by atoms with E-state index >= 15 is 0 Å². The van der Waals surface area contributed by atoms with Crippen molar-refractivity contribution in [1.82, 2.24) is 14.8 Å². The Morgan fingerprint density at radius 1 is 1.14 bits per heavy atom. The van der Waals surface area contributed by atoms with Gasteiger partial charge in [-0.3, -0.25) is 9.80 Å². The van der Waals surface area contributed by atoms with Crippen LogP contribution in [0.1, 0.15) is 22.6 Å². The molecule has 7 nitrogen and oxygen atoms in total. The molecule has 0 amide bonds. The van der Waals surface area contributed by atoms with Crippen molar-refractivity contribution < 1.29 is 27.9 Å². The third kappa shape index (κ3) is 6.40. The first kappa shape index (κ1) is 25.9. The quantitative estimate of drug-likeness (QED) is 0.468. The zero-order valence-corrected chi connectivity index (χ0v) is 21.3. The maximum Gasteiger partial charge on any atom is 0.417 e. The first-order valence-electron chi connectivity index (χ1n) is 12.3. The summed E-state index contributed by atoms with van der Waals surface area (Å²) in [6.45, 7) is 6.38. The van der Waals surface area contributed by atoms with Gasteiger partial charge < -0.3 is 14.7 Å². The van der Waals surface area contributed by atoms with Gasteiger partial charge >= 0.3 is 6.18 Å². The average molecular weight is 535 g/mol. The summed E-state index contributed by atoms with van der Waals surface area (Å²) in [5.41, 5.74) is 0.635. The molecule has 198 valence electrons. The van der Waals surface area contributed by atoms with E-state index < -0.39 is 17.8 Å². The van der Waals surface area contributed by atoms with Gasteiger partial charge in [0.1, 0.15) is 24.6 Å². The molecule has 11 heteroatoms. The zero-order chi connectivity index (χ0) is 26.0. The van der Waals surface area contributed by atoms with Crippen molar-refractivity contribution >= 4 is 27.3 Å². The Balaban J connectivity index is 1.04. The molecule has 1 saturated heterocycles. The van der Waals surface area contributed by atoms with Crippen LogP contribution in [-0.2, 0) is 11.0 Å². The van der Waals surface area contributed by atoms with Crippen LogP contribution < -0.4 is 4.74 Å². The maximum atomic E-state index is 13.4. The number of fused-ring (bicyclic) bond motifs is 1. The Labute approximate surface area is 217 Å². The number of ether oxygens (including phenoxy) is 1. The summed E-state index contributed by atoms with van der Waals surface area (Å²) in [6, 6.07) is 11.3. The molecule has 0 radical (unpaired) electrons. The molecule has 5 rings (SSSR count). The number of piperazine rings is 1. The van der Waals surface area contributed by atoms with Crippen LogP contribution >= 0.6 is 11.3 Å². The first-order chi connectivity index (χ1) is 17.7. The number of benzene rings is 2. The van der Waals surface area contributed by atoms with Gasteiger partial charge in [-0.25, -0.2) is 4.98 Å². The predicted molar refractivity (Wildman–Crippen MR) is 136 cm³/mol. The highest BCUT2D eigenvalue weighted by Gasteiger charge is 2.36. The summed E-state index contributed by atoms with van der Waals surface area (Å²) in [6.07, 6.45) is -4.99. The van der Waals surface area contributed by atoms with Gasteiger partial charge in [0, 0.05) is 57.3 Å². The SMILES string of the molecule is Cc1nc2cc(OCC(O)CN3CCN(CC4CC(c5ccccc5C(F)(F)F)=NO4)CC3)ccc2s1. The second-order valence-electron chi connectivity index (χ2n) is 9.44. The minimum Gasteiger partial charge on any atom is -0.491 e. The number of thiazole rings is 1. The molecule has 1 aromatic heterocycles. The average Bonchev–Trinajstić information content (AvgIpc) is 3.48. The molecule has 3 aromatic rings. The van der Waals surface area contributed by atoms with Crippen LogP contribution in [0, 0.1) is 6.92 Å². The van der Waals surface area contributed by atoms with Gasteiger partial charge in [-0.15, -0.1) is 11.3 Å². The summed E-state index contributed by atoms with van der Waals surface area (Å²) in [5, 5.41) is 15.5. The number of halogens is 3. The largest absolute Gasteiger partial charge is 0.491 e. The smallest absolute Gasteiger partial charge is 0.417 e. The van der Waals surface area contributed by atoms with E-state index in [9.17, 15) is 18.3 Å². The lowest BCUT2D eigenvalue weighted by Gasteiger charge is -2.36. The van der Waals surface area contributed by atoms with Crippen molar-refractivity contribution in [1.29, 1.82) is 0 Å². The predicted octanol–water partition coefficient (Wildman–Crippen LogP) is 4.17. The van der Waals surface area contributed by atoms with Gasteiger partial charge in [0.2, 0.25) is 0 Å². The molecule has 2 aliphatic heterocycles. The number of oxime groups is 1. The Kier molecular flexibility index (Phi) is 7.66. The van der Waals surface area contributed by atoms with Crippen molar-refractivity contribution in [3.8, 4) is 5.75 Å². The third-order valence-corrected chi connectivity index (χ3v) is 7.53. The lowest BCUT2D eigenvalue weighted by Crippen LogP contribution is -2.50. The van der Waals surface area contributed by atoms with E-state index in [-0.39, 0.29) is 18.3 Å². The summed E-state index contributed by atoms with van der Waals surface area (Å²) in [7, 11) is 0. The zero-order valence-electron chi connectivity index (χ0n) is 20.4. The van der Waals surface area contributed by atoms with Crippen LogP contribution in [0.4, 0.5) is 13.2 Å². The second kappa shape index (κ2) is 10.9. The summed E-state index contributed by atoms with van der Waals surface area (Å²) in [4.78, 5) is 14.4. The van der Waals surface area contributed by atoms with Crippen molar-refractivity contribution in [2.24, 2.45) is 5.16 Å². The van der Waals surface area contributed by atoms with Crippen molar-refractivity contribution in [2.45, 2.75) is 31.7 Å². The van der Waals surface area contributed by atoms with Crippen LogP contribution in [-0.4, -0.2) is 83.7 Å². The summed E-state index contributed by atoms with van der Waals surface area (Å²) >= 11 is 1.64. The molecule has 3 heterocycles. The summed E-state index contributed by atoms with van der Waals surface area (Å²) < 4.78 is 47.0. The number of aryl methyl sites for hydroxylation is 1. The number of aliphatic hydroxyl groups excluding tert-OH is 1. The minimum absolute atomic E-state index is 0.0835. The molecule has 0 aliphatic carbocycles. The molecule has 2 atom stereocenters. The van der Waals surface area contributed by atoms with E-state index in [0.717, 1.165) is 47.5 Å². The van der Waals surface area contributed by atoms with Crippen LogP contribution in [0.25, 0.3) is 10.2 Å². The molecular weight excluding hydrogens is 505 g/mol. The van der Waals surface area contributed by atoms with E-state index in [1.165, 1.54) is 12.1 Å². The van der Waals surface area contributed by atoms with E-state index in [1.54, 1.807) is 17.4 Å². The lowest BCUT2D eigenvalue weighted by atomic mass is 9.99. The molecule has 2 unspecified atom stereocenters. The lowest BCUT2D eigenvalue weighted by molar-refractivity contribution is -0.137. The van der Waals surface area contributed by atoms with Gasteiger partial charge in [-0.05, 0) is 25.1 Å². The van der Waals surface area contributed by atoms with E-state index in [4.69, 9.17) is 9.57 Å². The standard InChI is InChI=1S/C26H29F3N4O3S/c1-17-30-24-12-19(6-7-25(24)37-17)35-16-18(34)14-32-8-10-33(11-9-32)15-20-13-23(31-36-20)21-4-2-3-5-22(21)26(27,28)29/h2-7,12,18,20,34H,8-11,13-16H2,1H3. The molecule has 0 bridgehead atoms.